The Balaban J connectivity index is 1.54. The van der Waals surface area contributed by atoms with Gasteiger partial charge in [-0.1, -0.05) is 17.3 Å². The Morgan fingerprint density at radius 1 is 1.08 bits per heavy atom. The molecule has 7 heteroatoms. The molecule has 0 unspecified atom stereocenters. The van der Waals surface area contributed by atoms with Crippen LogP contribution < -0.4 is 5.56 Å². The second-order valence-electron chi connectivity index (χ2n) is 6.86. The fourth-order valence-corrected chi connectivity index (χ4v) is 3.65. The second-order valence-corrected chi connectivity index (χ2v) is 6.86. The highest BCUT2D eigenvalue weighted by molar-refractivity contribution is 5.76. The van der Waals surface area contributed by atoms with E-state index >= 15 is 0 Å². The van der Waals surface area contributed by atoms with Gasteiger partial charge in [-0.15, -0.1) is 5.10 Å². The Labute approximate surface area is 146 Å². The summed E-state index contributed by atoms with van der Waals surface area (Å²) in [7, 11) is 0. The van der Waals surface area contributed by atoms with Crippen LogP contribution in [0, 0.1) is 0 Å². The maximum absolute atomic E-state index is 12.7. The minimum Gasteiger partial charge on any atom is -0.377 e. The first kappa shape index (κ1) is 16.6. The lowest BCUT2D eigenvalue weighted by molar-refractivity contribution is 0.0226. The number of nitrogens with zero attached hydrogens (tertiary/aromatic N) is 4. The highest BCUT2D eigenvalue weighted by Crippen LogP contribution is 2.17. The summed E-state index contributed by atoms with van der Waals surface area (Å²) in [6.07, 6.45) is 4.80. The molecule has 0 spiro atoms. The third-order valence-electron chi connectivity index (χ3n) is 4.93. The molecule has 134 valence electrons. The van der Waals surface area contributed by atoms with Crippen molar-refractivity contribution < 1.29 is 9.47 Å². The fourth-order valence-electron chi connectivity index (χ4n) is 3.65. The average Bonchev–Trinajstić information content (AvgIpc) is 3.32. The predicted molar refractivity (Wildman–Crippen MR) is 93.3 cm³/mol. The van der Waals surface area contributed by atoms with Crippen molar-refractivity contribution in [1.29, 1.82) is 0 Å². The summed E-state index contributed by atoms with van der Waals surface area (Å²) in [4.78, 5) is 14.9. The van der Waals surface area contributed by atoms with E-state index in [1.54, 1.807) is 6.07 Å². The molecule has 2 aliphatic rings. The third-order valence-corrected chi connectivity index (χ3v) is 4.93. The summed E-state index contributed by atoms with van der Waals surface area (Å²) in [5.41, 5.74) is 0.531. The normalized spacial score (nSPS) is 23.7. The molecule has 2 saturated heterocycles. The van der Waals surface area contributed by atoms with Crippen LogP contribution in [0.1, 0.15) is 25.7 Å². The molecule has 0 radical (unpaired) electrons. The van der Waals surface area contributed by atoms with Crippen molar-refractivity contribution in [3.8, 4) is 0 Å². The van der Waals surface area contributed by atoms with Crippen LogP contribution in [0.15, 0.2) is 29.1 Å². The predicted octanol–water partition coefficient (Wildman–Crippen LogP) is 1.41. The van der Waals surface area contributed by atoms with Gasteiger partial charge >= 0.3 is 0 Å². The molecule has 7 nitrogen and oxygen atoms in total. The topological polar surface area (TPSA) is 69.5 Å². The zero-order valence-corrected chi connectivity index (χ0v) is 14.3. The van der Waals surface area contributed by atoms with Crippen molar-refractivity contribution in [2.75, 3.05) is 26.3 Å². The van der Waals surface area contributed by atoms with Gasteiger partial charge in [0.2, 0.25) is 0 Å². The molecule has 3 heterocycles. The van der Waals surface area contributed by atoms with Crippen LogP contribution in [0.5, 0.6) is 0 Å². The Morgan fingerprint density at radius 2 is 1.76 bits per heavy atom. The van der Waals surface area contributed by atoms with Crippen molar-refractivity contribution in [1.82, 2.24) is 19.9 Å². The van der Waals surface area contributed by atoms with Crippen LogP contribution in [-0.2, 0) is 16.1 Å². The summed E-state index contributed by atoms with van der Waals surface area (Å²) < 4.78 is 13.0. The monoisotopic (exact) mass is 344 g/mol. The van der Waals surface area contributed by atoms with Gasteiger partial charge in [-0.05, 0) is 37.8 Å². The van der Waals surface area contributed by atoms with Crippen molar-refractivity contribution in [2.24, 2.45) is 0 Å². The Hall–Kier alpha value is -1.83. The third kappa shape index (κ3) is 3.89. The van der Waals surface area contributed by atoms with Crippen molar-refractivity contribution in [3.05, 3.63) is 34.6 Å². The summed E-state index contributed by atoms with van der Waals surface area (Å²) in [5.74, 6) is 0. The summed E-state index contributed by atoms with van der Waals surface area (Å²) >= 11 is 0. The van der Waals surface area contributed by atoms with E-state index in [0.29, 0.717) is 17.6 Å². The van der Waals surface area contributed by atoms with Gasteiger partial charge in [0.15, 0.2) is 0 Å². The van der Waals surface area contributed by atoms with E-state index in [9.17, 15) is 4.79 Å². The Bertz CT molecular complexity index is 748. The first-order chi connectivity index (χ1) is 12.3. The lowest BCUT2D eigenvalue weighted by atomic mass is 10.2. The van der Waals surface area contributed by atoms with Gasteiger partial charge in [0.05, 0.1) is 24.3 Å². The van der Waals surface area contributed by atoms with Crippen LogP contribution >= 0.6 is 0 Å². The Kier molecular flexibility index (Phi) is 5.05. The molecule has 0 N–H and O–H groups in total. The SMILES string of the molecule is O=c1c2ccccc2nnn1CN(C[C@H]1CCCO1)C[C@H]1CCCO1. The zero-order chi connectivity index (χ0) is 17.1. The molecular formula is C18H24N4O3. The lowest BCUT2D eigenvalue weighted by Gasteiger charge is -2.27. The highest BCUT2D eigenvalue weighted by Gasteiger charge is 2.24. The highest BCUT2D eigenvalue weighted by atomic mass is 16.5. The molecular weight excluding hydrogens is 320 g/mol. The molecule has 1 aromatic carbocycles. The van der Waals surface area contributed by atoms with Gasteiger partial charge in [0.1, 0.15) is 5.52 Å². The zero-order valence-electron chi connectivity index (χ0n) is 14.3. The van der Waals surface area contributed by atoms with E-state index in [0.717, 1.165) is 52.0 Å². The molecule has 1 aromatic heterocycles. The van der Waals surface area contributed by atoms with E-state index in [2.05, 4.69) is 15.2 Å². The molecule has 2 aromatic rings. The number of hydrogen-bond acceptors (Lipinski definition) is 6. The van der Waals surface area contributed by atoms with Crippen LogP contribution in [-0.4, -0.2) is 58.4 Å². The Morgan fingerprint density at radius 3 is 2.40 bits per heavy atom. The van der Waals surface area contributed by atoms with Crippen molar-refractivity contribution in [2.45, 2.75) is 44.6 Å². The number of hydrogen-bond donors (Lipinski definition) is 0. The molecule has 0 amide bonds. The van der Waals surface area contributed by atoms with Gasteiger partial charge in [0.25, 0.3) is 5.56 Å². The molecule has 2 aliphatic heterocycles. The van der Waals surface area contributed by atoms with Crippen molar-refractivity contribution >= 4 is 10.9 Å². The van der Waals surface area contributed by atoms with Gasteiger partial charge in [-0.2, -0.15) is 4.68 Å². The molecule has 4 rings (SSSR count). The second kappa shape index (κ2) is 7.59. The molecule has 2 fully saturated rings. The standard InChI is InChI=1S/C18H24N4O3/c23-18-16-7-1-2-8-17(16)19-20-22(18)13-21(11-14-5-3-9-24-14)12-15-6-4-10-25-15/h1-2,7-8,14-15H,3-6,9-13H2/t14-,15-/m1/s1. The minimum absolute atomic E-state index is 0.102. The van der Waals surface area contributed by atoms with E-state index in [-0.39, 0.29) is 17.8 Å². The van der Waals surface area contributed by atoms with Crippen LogP contribution in [0.3, 0.4) is 0 Å². The fraction of sp³-hybridized carbons (Fsp3) is 0.611. The maximum atomic E-state index is 12.7. The van der Waals surface area contributed by atoms with Gasteiger partial charge in [-0.25, -0.2) is 0 Å². The molecule has 0 bridgehead atoms. The molecule has 25 heavy (non-hydrogen) atoms. The first-order valence-corrected chi connectivity index (χ1v) is 9.08. The number of rotatable bonds is 6. The largest absolute Gasteiger partial charge is 0.377 e. The molecule has 0 saturated carbocycles. The maximum Gasteiger partial charge on any atom is 0.278 e. The van der Waals surface area contributed by atoms with Gasteiger partial charge in [-0.3, -0.25) is 9.69 Å². The van der Waals surface area contributed by atoms with E-state index in [1.165, 1.54) is 4.68 Å². The van der Waals surface area contributed by atoms with E-state index in [1.807, 2.05) is 18.2 Å². The van der Waals surface area contributed by atoms with Gasteiger partial charge in [0, 0.05) is 26.3 Å². The number of aromatic nitrogens is 3. The first-order valence-electron chi connectivity index (χ1n) is 9.08. The number of benzene rings is 1. The number of fused-ring (bicyclic) bond motifs is 1. The molecule has 0 aliphatic carbocycles. The van der Waals surface area contributed by atoms with Crippen LogP contribution in [0.2, 0.25) is 0 Å². The summed E-state index contributed by atoms with van der Waals surface area (Å²) in [6, 6.07) is 7.33. The smallest absolute Gasteiger partial charge is 0.278 e. The number of ether oxygens (including phenoxy) is 2. The van der Waals surface area contributed by atoms with Gasteiger partial charge < -0.3 is 9.47 Å². The molecule has 2 atom stereocenters. The lowest BCUT2D eigenvalue weighted by Crippen LogP contribution is -2.42. The quantitative estimate of drug-likeness (QED) is 0.789. The van der Waals surface area contributed by atoms with Crippen LogP contribution in [0.4, 0.5) is 0 Å². The summed E-state index contributed by atoms with van der Waals surface area (Å²) in [5, 5.41) is 8.91. The summed E-state index contributed by atoms with van der Waals surface area (Å²) in [6.45, 7) is 3.65. The van der Waals surface area contributed by atoms with Crippen LogP contribution in [0.25, 0.3) is 10.9 Å². The average molecular weight is 344 g/mol. The van der Waals surface area contributed by atoms with E-state index < -0.39 is 0 Å². The van der Waals surface area contributed by atoms with E-state index in [4.69, 9.17) is 9.47 Å². The van der Waals surface area contributed by atoms with Crippen molar-refractivity contribution in [3.63, 3.8) is 0 Å². The minimum atomic E-state index is -0.102.